The summed E-state index contributed by atoms with van der Waals surface area (Å²) in [5, 5.41) is 18.0. The van der Waals surface area contributed by atoms with Crippen molar-refractivity contribution >= 4 is 5.97 Å². The minimum Gasteiger partial charge on any atom is -0.479 e. The van der Waals surface area contributed by atoms with Crippen LogP contribution < -0.4 is 10.5 Å². The molecular weight excluding hydrogens is 322 g/mol. The molecule has 7 nitrogen and oxygen atoms in total. The zero-order chi connectivity index (χ0) is 18.4. The van der Waals surface area contributed by atoms with Crippen molar-refractivity contribution in [1.29, 1.82) is 10.5 Å². The maximum absolute atomic E-state index is 12.4. The standard InChI is InChI=1S/C18H17N3O4/c1-3-23-18(22)15-11(2)25-17(21)14(10-20)16(15)12-4-6-13(7-5-12)24-9-8-19/h4-7,16H,3,9,21H2,1-2H3. The Labute approximate surface area is 145 Å². The zero-order valence-corrected chi connectivity index (χ0v) is 13.9. The zero-order valence-electron chi connectivity index (χ0n) is 13.9. The molecule has 1 unspecified atom stereocenters. The molecule has 128 valence electrons. The number of carbonyl (C=O) groups is 1. The quantitative estimate of drug-likeness (QED) is 0.817. The summed E-state index contributed by atoms with van der Waals surface area (Å²) in [6, 6.07) is 10.6. The Hall–Kier alpha value is -3.45. The van der Waals surface area contributed by atoms with Gasteiger partial charge in [0.25, 0.3) is 0 Å². The Morgan fingerprint density at radius 1 is 1.32 bits per heavy atom. The highest BCUT2D eigenvalue weighted by molar-refractivity contribution is 5.92. The van der Waals surface area contributed by atoms with E-state index in [2.05, 4.69) is 0 Å². The van der Waals surface area contributed by atoms with E-state index in [-0.39, 0.29) is 30.2 Å². The topological polar surface area (TPSA) is 118 Å². The van der Waals surface area contributed by atoms with Crippen LogP contribution in [0.4, 0.5) is 0 Å². The molecule has 1 heterocycles. The van der Waals surface area contributed by atoms with Gasteiger partial charge in [-0.25, -0.2) is 4.79 Å². The summed E-state index contributed by atoms with van der Waals surface area (Å²) in [7, 11) is 0. The molecule has 2 rings (SSSR count). The lowest BCUT2D eigenvalue weighted by molar-refractivity contribution is -0.139. The Morgan fingerprint density at radius 3 is 2.56 bits per heavy atom. The molecule has 0 spiro atoms. The lowest BCUT2D eigenvalue weighted by atomic mass is 9.83. The summed E-state index contributed by atoms with van der Waals surface area (Å²) < 4.78 is 15.7. The summed E-state index contributed by atoms with van der Waals surface area (Å²) in [5.74, 6) is -0.489. The number of nitriles is 2. The molecule has 0 bridgehead atoms. The molecule has 0 amide bonds. The van der Waals surface area contributed by atoms with Crippen molar-refractivity contribution in [3.63, 3.8) is 0 Å². The Balaban J connectivity index is 2.47. The van der Waals surface area contributed by atoms with Crippen LogP contribution in [0, 0.1) is 22.7 Å². The smallest absolute Gasteiger partial charge is 0.338 e. The van der Waals surface area contributed by atoms with Crippen molar-refractivity contribution in [2.24, 2.45) is 5.73 Å². The number of esters is 1. The normalized spacial score (nSPS) is 16.6. The number of nitrogens with zero attached hydrogens (tertiary/aromatic N) is 2. The second kappa shape index (κ2) is 7.89. The molecule has 25 heavy (non-hydrogen) atoms. The van der Waals surface area contributed by atoms with Gasteiger partial charge in [0.15, 0.2) is 6.61 Å². The predicted octanol–water partition coefficient (Wildman–Crippen LogP) is 2.23. The fourth-order valence-electron chi connectivity index (χ4n) is 2.56. The van der Waals surface area contributed by atoms with Crippen LogP contribution in [0.5, 0.6) is 5.75 Å². The number of hydrogen-bond acceptors (Lipinski definition) is 7. The first-order chi connectivity index (χ1) is 12.0. The molecule has 0 radical (unpaired) electrons. The highest BCUT2D eigenvalue weighted by Crippen LogP contribution is 2.39. The predicted molar refractivity (Wildman–Crippen MR) is 87.5 cm³/mol. The fraction of sp³-hybridized carbons (Fsp3) is 0.278. The number of allylic oxidation sites excluding steroid dienone is 2. The third-order valence-corrected chi connectivity index (χ3v) is 3.62. The van der Waals surface area contributed by atoms with Gasteiger partial charge in [0.1, 0.15) is 29.2 Å². The van der Waals surface area contributed by atoms with Crippen LogP contribution in [0.15, 0.2) is 47.1 Å². The molecule has 0 saturated heterocycles. The van der Waals surface area contributed by atoms with Crippen LogP contribution in [0.1, 0.15) is 25.3 Å². The van der Waals surface area contributed by atoms with Crippen LogP contribution >= 0.6 is 0 Å². The molecule has 0 saturated carbocycles. The summed E-state index contributed by atoms with van der Waals surface area (Å²) in [5.41, 5.74) is 6.86. The van der Waals surface area contributed by atoms with Crippen LogP contribution in [-0.2, 0) is 14.3 Å². The van der Waals surface area contributed by atoms with Gasteiger partial charge in [0, 0.05) is 0 Å². The van der Waals surface area contributed by atoms with Crippen molar-refractivity contribution in [2.75, 3.05) is 13.2 Å². The summed E-state index contributed by atoms with van der Waals surface area (Å²) in [6.45, 7) is 3.43. The van der Waals surface area contributed by atoms with Gasteiger partial charge in [-0.3, -0.25) is 0 Å². The van der Waals surface area contributed by atoms with E-state index in [1.54, 1.807) is 38.1 Å². The van der Waals surface area contributed by atoms with Crippen LogP contribution in [-0.4, -0.2) is 19.2 Å². The van der Waals surface area contributed by atoms with Crippen molar-refractivity contribution < 1.29 is 19.0 Å². The van der Waals surface area contributed by atoms with Gasteiger partial charge < -0.3 is 19.9 Å². The van der Waals surface area contributed by atoms with Crippen LogP contribution in [0.25, 0.3) is 0 Å². The summed E-state index contributed by atoms with van der Waals surface area (Å²) in [6.07, 6.45) is 0. The van der Waals surface area contributed by atoms with Crippen LogP contribution in [0.2, 0.25) is 0 Å². The Bertz CT molecular complexity index is 810. The SMILES string of the molecule is CCOC(=O)C1=C(C)OC(N)=C(C#N)C1c1ccc(OCC#N)cc1. The average Bonchev–Trinajstić information content (AvgIpc) is 2.60. The van der Waals surface area contributed by atoms with Crippen molar-refractivity contribution in [3.8, 4) is 17.9 Å². The molecule has 1 atom stereocenters. The largest absolute Gasteiger partial charge is 0.479 e. The van der Waals surface area contributed by atoms with E-state index in [9.17, 15) is 10.1 Å². The maximum Gasteiger partial charge on any atom is 0.338 e. The minimum atomic E-state index is -0.692. The molecule has 1 aliphatic rings. The number of benzene rings is 1. The molecule has 1 aromatic carbocycles. The van der Waals surface area contributed by atoms with E-state index >= 15 is 0 Å². The third-order valence-electron chi connectivity index (χ3n) is 3.62. The van der Waals surface area contributed by atoms with Gasteiger partial charge >= 0.3 is 5.97 Å². The molecule has 7 heteroatoms. The fourth-order valence-corrected chi connectivity index (χ4v) is 2.56. The molecule has 1 aromatic rings. The Morgan fingerprint density at radius 2 is 2.00 bits per heavy atom. The first-order valence-corrected chi connectivity index (χ1v) is 7.58. The van der Waals surface area contributed by atoms with E-state index in [4.69, 9.17) is 25.2 Å². The van der Waals surface area contributed by atoms with E-state index in [1.807, 2.05) is 12.1 Å². The van der Waals surface area contributed by atoms with E-state index in [0.29, 0.717) is 17.1 Å². The Kier molecular flexibility index (Phi) is 5.65. The maximum atomic E-state index is 12.4. The van der Waals surface area contributed by atoms with Gasteiger partial charge in [-0.15, -0.1) is 0 Å². The van der Waals surface area contributed by atoms with Gasteiger partial charge in [0.2, 0.25) is 5.88 Å². The lowest BCUT2D eigenvalue weighted by Crippen LogP contribution is -2.25. The van der Waals surface area contributed by atoms with Crippen molar-refractivity contribution in [3.05, 3.63) is 52.6 Å². The van der Waals surface area contributed by atoms with E-state index < -0.39 is 11.9 Å². The molecule has 0 aliphatic carbocycles. The molecule has 2 N–H and O–H groups in total. The second-order valence-corrected chi connectivity index (χ2v) is 5.13. The van der Waals surface area contributed by atoms with E-state index in [0.717, 1.165) is 0 Å². The molecular formula is C18H17N3O4. The molecule has 1 aliphatic heterocycles. The first-order valence-electron chi connectivity index (χ1n) is 7.58. The summed E-state index contributed by atoms with van der Waals surface area (Å²) >= 11 is 0. The summed E-state index contributed by atoms with van der Waals surface area (Å²) in [4.78, 5) is 12.4. The minimum absolute atomic E-state index is 0.0390. The van der Waals surface area contributed by atoms with Crippen molar-refractivity contribution in [2.45, 2.75) is 19.8 Å². The molecule has 0 fully saturated rings. The monoisotopic (exact) mass is 339 g/mol. The van der Waals surface area contributed by atoms with Gasteiger partial charge in [-0.1, -0.05) is 12.1 Å². The van der Waals surface area contributed by atoms with Crippen LogP contribution in [0.3, 0.4) is 0 Å². The number of ether oxygens (including phenoxy) is 3. The highest BCUT2D eigenvalue weighted by Gasteiger charge is 2.36. The van der Waals surface area contributed by atoms with Gasteiger partial charge in [-0.2, -0.15) is 10.5 Å². The third kappa shape index (κ3) is 3.73. The highest BCUT2D eigenvalue weighted by atomic mass is 16.5. The first kappa shape index (κ1) is 17.9. The average molecular weight is 339 g/mol. The molecule has 0 aromatic heterocycles. The number of nitrogens with two attached hydrogens (primary N) is 1. The second-order valence-electron chi connectivity index (χ2n) is 5.13. The number of carbonyl (C=O) groups excluding carboxylic acids is 1. The number of hydrogen-bond donors (Lipinski definition) is 1. The number of rotatable bonds is 5. The van der Waals surface area contributed by atoms with Crippen molar-refractivity contribution in [1.82, 2.24) is 0 Å². The lowest BCUT2D eigenvalue weighted by Gasteiger charge is -2.26. The van der Waals surface area contributed by atoms with Gasteiger partial charge in [0.05, 0.1) is 18.1 Å². The van der Waals surface area contributed by atoms with Gasteiger partial charge in [-0.05, 0) is 31.5 Å². The van der Waals surface area contributed by atoms with E-state index in [1.165, 1.54) is 0 Å².